The maximum absolute atomic E-state index is 11.2. The first-order valence-electron chi connectivity index (χ1n) is 5.39. The van der Waals surface area contributed by atoms with Gasteiger partial charge in [-0.05, 0) is 24.7 Å². The third-order valence-electron chi connectivity index (χ3n) is 3.97. The molecular formula is C11H19NO. The average Bonchev–Trinajstić information content (AvgIpc) is 2.19. The highest BCUT2D eigenvalue weighted by Gasteiger charge is 2.42. The fourth-order valence-electron chi connectivity index (χ4n) is 2.59. The van der Waals surface area contributed by atoms with Crippen LogP contribution in [0.4, 0.5) is 0 Å². The highest BCUT2D eigenvalue weighted by atomic mass is 16.2. The molecular weight excluding hydrogens is 162 g/mol. The van der Waals surface area contributed by atoms with Gasteiger partial charge in [0.05, 0.1) is 0 Å². The van der Waals surface area contributed by atoms with E-state index in [9.17, 15) is 4.79 Å². The van der Waals surface area contributed by atoms with E-state index in [1.165, 1.54) is 25.7 Å². The van der Waals surface area contributed by atoms with Crippen molar-refractivity contribution in [3.63, 3.8) is 0 Å². The molecule has 2 unspecified atom stereocenters. The van der Waals surface area contributed by atoms with Gasteiger partial charge in [0.2, 0.25) is 5.91 Å². The molecule has 0 radical (unpaired) electrons. The van der Waals surface area contributed by atoms with Gasteiger partial charge in [0.15, 0.2) is 0 Å². The molecule has 2 rings (SSSR count). The molecule has 1 aliphatic carbocycles. The molecule has 0 bridgehead atoms. The first kappa shape index (κ1) is 9.04. The van der Waals surface area contributed by atoms with E-state index in [2.05, 4.69) is 19.2 Å². The van der Waals surface area contributed by atoms with Crippen molar-refractivity contribution in [2.45, 2.75) is 52.0 Å². The summed E-state index contributed by atoms with van der Waals surface area (Å²) in [5.41, 5.74) is 0.238. The number of amides is 1. The largest absolute Gasteiger partial charge is 0.353 e. The molecule has 2 fully saturated rings. The molecule has 74 valence electrons. The first-order chi connectivity index (χ1) is 6.10. The third kappa shape index (κ3) is 1.59. The topological polar surface area (TPSA) is 29.1 Å². The molecule has 2 heteroatoms. The van der Waals surface area contributed by atoms with Crippen LogP contribution >= 0.6 is 0 Å². The van der Waals surface area contributed by atoms with Gasteiger partial charge < -0.3 is 5.32 Å². The van der Waals surface area contributed by atoms with E-state index in [4.69, 9.17) is 0 Å². The normalized spacial score (nSPS) is 40.2. The molecule has 0 aromatic rings. The molecule has 13 heavy (non-hydrogen) atoms. The summed E-state index contributed by atoms with van der Waals surface area (Å²) >= 11 is 0. The van der Waals surface area contributed by atoms with Crippen molar-refractivity contribution >= 4 is 5.91 Å². The zero-order chi connectivity index (χ0) is 9.47. The lowest BCUT2D eigenvalue weighted by molar-refractivity contribution is -0.119. The predicted molar refractivity (Wildman–Crippen MR) is 52.3 cm³/mol. The maximum Gasteiger partial charge on any atom is 0.220 e. The molecule has 1 amide bonds. The molecule has 1 saturated carbocycles. The van der Waals surface area contributed by atoms with E-state index >= 15 is 0 Å². The Balaban J connectivity index is 1.97. The molecule has 1 saturated heterocycles. The highest BCUT2D eigenvalue weighted by molar-refractivity contribution is 5.79. The SMILES string of the molecule is CC1NC(=O)CC1(C)CC1CCC1. The minimum Gasteiger partial charge on any atom is -0.353 e. The smallest absolute Gasteiger partial charge is 0.220 e. The second-order valence-electron chi connectivity index (χ2n) is 5.12. The second kappa shape index (κ2) is 3.00. The minimum atomic E-state index is 0.238. The molecule has 1 heterocycles. The standard InChI is InChI=1S/C11H19NO/c1-8-11(2,7-10(13)12-8)6-9-4-3-5-9/h8-9H,3-7H2,1-2H3,(H,12,13). The molecule has 2 atom stereocenters. The van der Waals surface area contributed by atoms with E-state index in [0.29, 0.717) is 6.04 Å². The van der Waals surface area contributed by atoms with Crippen LogP contribution in [0.15, 0.2) is 0 Å². The monoisotopic (exact) mass is 181 g/mol. The van der Waals surface area contributed by atoms with Crippen LogP contribution in [0.2, 0.25) is 0 Å². The Morgan fingerprint density at radius 1 is 1.54 bits per heavy atom. The van der Waals surface area contributed by atoms with Crippen LogP contribution in [-0.4, -0.2) is 11.9 Å². The first-order valence-corrected chi connectivity index (χ1v) is 5.39. The lowest BCUT2D eigenvalue weighted by atomic mass is 9.69. The summed E-state index contributed by atoms with van der Waals surface area (Å²) in [6.45, 7) is 4.40. The molecule has 1 aliphatic heterocycles. The number of carbonyl (C=O) groups excluding carboxylic acids is 1. The van der Waals surface area contributed by atoms with Gasteiger partial charge in [-0.2, -0.15) is 0 Å². The number of hydrogen-bond acceptors (Lipinski definition) is 1. The number of rotatable bonds is 2. The molecule has 0 aromatic heterocycles. The summed E-state index contributed by atoms with van der Waals surface area (Å²) in [6.07, 6.45) is 6.15. The van der Waals surface area contributed by atoms with Crippen LogP contribution in [0.1, 0.15) is 46.0 Å². The van der Waals surface area contributed by atoms with Crippen molar-refractivity contribution in [2.75, 3.05) is 0 Å². The van der Waals surface area contributed by atoms with Crippen LogP contribution in [0, 0.1) is 11.3 Å². The Hall–Kier alpha value is -0.530. The van der Waals surface area contributed by atoms with E-state index in [1.807, 2.05) is 0 Å². The van der Waals surface area contributed by atoms with Crippen LogP contribution in [0.5, 0.6) is 0 Å². The van der Waals surface area contributed by atoms with Gasteiger partial charge in [-0.15, -0.1) is 0 Å². The van der Waals surface area contributed by atoms with E-state index in [-0.39, 0.29) is 11.3 Å². The predicted octanol–water partition coefficient (Wildman–Crippen LogP) is 2.09. The van der Waals surface area contributed by atoms with E-state index < -0.39 is 0 Å². The van der Waals surface area contributed by atoms with Gasteiger partial charge >= 0.3 is 0 Å². The van der Waals surface area contributed by atoms with E-state index in [1.54, 1.807) is 0 Å². The Kier molecular flexibility index (Phi) is 2.09. The minimum absolute atomic E-state index is 0.238. The third-order valence-corrected chi connectivity index (χ3v) is 3.97. The molecule has 0 spiro atoms. The number of hydrogen-bond donors (Lipinski definition) is 1. The van der Waals surface area contributed by atoms with Gasteiger partial charge in [-0.1, -0.05) is 26.2 Å². The molecule has 1 N–H and O–H groups in total. The Labute approximate surface area is 80.1 Å². The number of nitrogens with one attached hydrogen (secondary N) is 1. The fraction of sp³-hybridized carbons (Fsp3) is 0.909. The van der Waals surface area contributed by atoms with Crippen molar-refractivity contribution in [3.05, 3.63) is 0 Å². The van der Waals surface area contributed by atoms with Gasteiger partial charge in [0.1, 0.15) is 0 Å². The molecule has 0 aromatic carbocycles. The number of carbonyl (C=O) groups is 1. The van der Waals surface area contributed by atoms with Gasteiger partial charge in [0.25, 0.3) is 0 Å². The Morgan fingerprint density at radius 3 is 2.62 bits per heavy atom. The zero-order valence-electron chi connectivity index (χ0n) is 8.60. The maximum atomic E-state index is 11.2. The Morgan fingerprint density at radius 2 is 2.23 bits per heavy atom. The van der Waals surface area contributed by atoms with Crippen LogP contribution in [0.25, 0.3) is 0 Å². The van der Waals surface area contributed by atoms with Crippen LogP contribution < -0.4 is 5.32 Å². The summed E-state index contributed by atoms with van der Waals surface area (Å²) in [5, 5.41) is 3.02. The summed E-state index contributed by atoms with van der Waals surface area (Å²) in [4.78, 5) is 11.2. The second-order valence-corrected chi connectivity index (χ2v) is 5.12. The van der Waals surface area contributed by atoms with Crippen molar-refractivity contribution in [1.29, 1.82) is 0 Å². The average molecular weight is 181 g/mol. The quantitative estimate of drug-likeness (QED) is 0.694. The van der Waals surface area contributed by atoms with E-state index in [0.717, 1.165) is 12.3 Å². The highest BCUT2D eigenvalue weighted by Crippen LogP contribution is 2.43. The van der Waals surface area contributed by atoms with Crippen molar-refractivity contribution in [1.82, 2.24) is 5.32 Å². The van der Waals surface area contributed by atoms with Crippen molar-refractivity contribution in [2.24, 2.45) is 11.3 Å². The Bertz CT molecular complexity index is 222. The lowest BCUT2D eigenvalue weighted by Gasteiger charge is -2.36. The fourth-order valence-corrected chi connectivity index (χ4v) is 2.59. The zero-order valence-corrected chi connectivity index (χ0v) is 8.60. The van der Waals surface area contributed by atoms with Crippen LogP contribution in [0.3, 0.4) is 0 Å². The van der Waals surface area contributed by atoms with Crippen molar-refractivity contribution < 1.29 is 4.79 Å². The van der Waals surface area contributed by atoms with Gasteiger partial charge in [-0.25, -0.2) is 0 Å². The summed E-state index contributed by atoms with van der Waals surface area (Å²) < 4.78 is 0. The van der Waals surface area contributed by atoms with Gasteiger partial charge in [-0.3, -0.25) is 4.79 Å². The summed E-state index contributed by atoms with van der Waals surface area (Å²) in [7, 11) is 0. The van der Waals surface area contributed by atoms with Crippen molar-refractivity contribution in [3.8, 4) is 0 Å². The summed E-state index contributed by atoms with van der Waals surface area (Å²) in [6, 6.07) is 0.376. The summed E-state index contributed by atoms with van der Waals surface area (Å²) in [5.74, 6) is 1.15. The van der Waals surface area contributed by atoms with Crippen LogP contribution in [-0.2, 0) is 4.79 Å². The molecule has 2 nitrogen and oxygen atoms in total. The lowest BCUT2D eigenvalue weighted by Crippen LogP contribution is -2.34. The van der Waals surface area contributed by atoms with Gasteiger partial charge in [0, 0.05) is 12.5 Å². The molecule has 2 aliphatic rings.